The fourth-order valence-electron chi connectivity index (χ4n) is 11.1. The summed E-state index contributed by atoms with van der Waals surface area (Å²) in [5.74, 6) is 3.28. The summed E-state index contributed by atoms with van der Waals surface area (Å²) in [6, 6.07) is 40.2. The molecule has 326 valence electrons. The molecule has 7 nitrogen and oxygen atoms in total. The maximum atomic E-state index is 11.6. The molecule has 1 heterocycles. The van der Waals surface area contributed by atoms with Crippen molar-refractivity contribution in [2.24, 2.45) is 5.41 Å². The monoisotopic (exact) mass is 852 g/mol. The molecule has 6 aromatic carbocycles. The highest BCUT2D eigenvalue weighted by Crippen LogP contribution is 2.64. The average Bonchev–Trinajstić information content (AvgIpc) is 3.63. The van der Waals surface area contributed by atoms with Gasteiger partial charge in [0, 0.05) is 44.7 Å². The van der Waals surface area contributed by atoms with Gasteiger partial charge in [-0.2, -0.15) is 0 Å². The smallest absolute Gasteiger partial charge is 0.330 e. The third-order valence-electron chi connectivity index (χ3n) is 14.1. The van der Waals surface area contributed by atoms with Crippen LogP contribution in [0.3, 0.4) is 0 Å². The lowest BCUT2D eigenvalue weighted by molar-refractivity contribution is -0.138. The maximum Gasteiger partial charge on any atom is 0.330 e. The van der Waals surface area contributed by atoms with Crippen LogP contribution in [0, 0.1) is 17.5 Å². The Labute approximate surface area is 377 Å². The molecule has 0 N–H and O–H groups in total. The van der Waals surface area contributed by atoms with Crippen LogP contribution >= 0.6 is 0 Å². The lowest BCUT2D eigenvalue weighted by Gasteiger charge is -2.47. The maximum absolute atomic E-state index is 11.6. The van der Waals surface area contributed by atoms with E-state index in [2.05, 4.69) is 87.2 Å². The van der Waals surface area contributed by atoms with Gasteiger partial charge in [0.1, 0.15) is 42.0 Å². The summed E-state index contributed by atoms with van der Waals surface area (Å²) in [6.07, 6.45) is 15.0. The lowest BCUT2D eigenvalue weighted by Crippen LogP contribution is -2.38. The number of esters is 1. The number of methoxy groups -OCH3 is 3. The predicted octanol–water partition coefficient (Wildman–Crippen LogP) is 13.0. The Bertz CT molecular complexity index is 2700. The molecule has 0 saturated heterocycles. The first-order valence-electron chi connectivity index (χ1n) is 22.6. The van der Waals surface area contributed by atoms with Gasteiger partial charge in [-0.1, -0.05) is 87.9 Å². The number of carbonyl (C=O) groups is 1. The second-order valence-electron chi connectivity index (χ2n) is 17.4. The number of hydrogen-bond acceptors (Lipinski definition) is 7. The summed E-state index contributed by atoms with van der Waals surface area (Å²) in [7, 11) is 5.10. The molecular weight excluding hydrogens is 797 g/mol. The average molecular weight is 853 g/mol. The number of fused-ring (bicyclic) bond motifs is 10. The van der Waals surface area contributed by atoms with Gasteiger partial charge in [-0.3, -0.25) is 0 Å². The first kappa shape index (κ1) is 42.6. The fourth-order valence-corrected chi connectivity index (χ4v) is 11.1. The largest absolute Gasteiger partial charge is 0.497 e. The van der Waals surface area contributed by atoms with Crippen LogP contribution in [0.25, 0.3) is 39.1 Å². The van der Waals surface area contributed by atoms with Crippen LogP contribution in [0.1, 0.15) is 93.0 Å². The van der Waals surface area contributed by atoms with E-state index in [1.165, 1.54) is 47.9 Å². The van der Waals surface area contributed by atoms with Crippen molar-refractivity contribution in [3.63, 3.8) is 0 Å². The Morgan fingerprint density at radius 2 is 1.39 bits per heavy atom. The Balaban J connectivity index is 1.27. The molecule has 0 aromatic heterocycles. The summed E-state index contributed by atoms with van der Waals surface area (Å²) in [5.41, 5.74) is 9.06. The number of ether oxygens (including phenoxy) is 6. The Hall–Kier alpha value is -6.65. The van der Waals surface area contributed by atoms with E-state index in [0.29, 0.717) is 11.2 Å². The molecule has 9 rings (SSSR count). The Morgan fingerprint density at radius 3 is 2.00 bits per heavy atom. The van der Waals surface area contributed by atoms with Crippen LogP contribution in [0.2, 0.25) is 0 Å². The van der Waals surface area contributed by atoms with Crippen molar-refractivity contribution < 1.29 is 33.2 Å². The van der Waals surface area contributed by atoms with Crippen LogP contribution in [0.15, 0.2) is 116 Å². The molecule has 6 aromatic rings. The van der Waals surface area contributed by atoms with Crippen LogP contribution in [0.5, 0.6) is 28.7 Å². The normalized spacial score (nSPS) is 17.3. The van der Waals surface area contributed by atoms with E-state index in [4.69, 9.17) is 28.4 Å². The minimum atomic E-state index is -1.04. The quantitative estimate of drug-likeness (QED) is 0.0579. The van der Waals surface area contributed by atoms with E-state index in [1.807, 2.05) is 54.6 Å². The van der Waals surface area contributed by atoms with Crippen molar-refractivity contribution in [1.82, 2.24) is 0 Å². The first-order valence-corrected chi connectivity index (χ1v) is 22.6. The van der Waals surface area contributed by atoms with E-state index in [1.54, 1.807) is 21.3 Å². The van der Waals surface area contributed by atoms with Crippen LogP contribution in [0.4, 0.5) is 0 Å². The van der Waals surface area contributed by atoms with E-state index >= 15 is 0 Å². The van der Waals surface area contributed by atoms with Gasteiger partial charge in [0.15, 0.2) is 5.60 Å². The zero-order chi connectivity index (χ0) is 44.5. The zero-order valence-corrected chi connectivity index (χ0v) is 37.6. The van der Waals surface area contributed by atoms with Gasteiger partial charge in [0.05, 0.1) is 21.3 Å². The molecule has 0 amide bonds. The molecule has 1 unspecified atom stereocenters. The number of rotatable bonds is 15. The van der Waals surface area contributed by atoms with E-state index < -0.39 is 11.6 Å². The van der Waals surface area contributed by atoms with E-state index in [0.717, 1.165) is 93.3 Å². The number of benzene rings is 5. The standard InChI is InChI=1S/C57H56O7/c1-7-27-55(28-8-2)30-32-56(33-31-55)49-13-11-10-12-44(49)52-47-36-46(38-14-20-41(59-4)21-15-38)50(61-6)37-48(47)54-45(53(52)56)26-29-57(64-54,39-16-22-42(60-5)23-17-39)40-18-24-43(25-19-40)62-34-35-63-51(58)9-3/h9-10,12,14-26,29,36-37H,3,7-8,27-28,30-35H2,1-2,4-6H3. The minimum Gasteiger partial charge on any atom is -0.497 e. The Morgan fingerprint density at radius 1 is 0.750 bits per heavy atom. The second-order valence-corrected chi connectivity index (χ2v) is 17.4. The van der Waals surface area contributed by atoms with Gasteiger partial charge < -0.3 is 28.4 Å². The highest BCUT2D eigenvalue weighted by molar-refractivity contribution is 6.10. The minimum absolute atomic E-state index is 0.116. The van der Waals surface area contributed by atoms with Gasteiger partial charge in [-0.05, 0) is 138 Å². The number of hydrogen-bond donors (Lipinski definition) is 0. The topological polar surface area (TPSA) is 72.5 Å². The summed E-state index contributed by atoms with van der Waals surface area (Å²) >= 11 is 0. The van der Waals surface area contributed by atoms with E-state index in [-0.39, 0.29) is 18.6 Å². The highest BCUT2D eigenvalue weighted by Gasteiger charge is 2.52. The van der Waals surface area contributed by atoms with Gasteiger partial charge in [0.2, 0.25) is 0 Å². The summed E-state index contributed by atoms with van der Waals surface area (Å²) < 4.78 is 36.4. The molecule has 64 heavy (non-hydrogen) atoms. The molecular formula is C57H56O7. The third-order valence-corrected chi connectivity index (χ3v) is 14.1. The SMILES string of the molecule is C=CC(=O)OCCOc1ccc(C2(c3ccc(OC)cc3)C=Cc3c4c(c5cc(-c6ccc(OC)cc6)c(OC)cc5c3O2)-c2ccc#cc2C42CCC(CCC)(CCC)CC2)cc1. The molecule has 0 radical (unpaired) electrons. The summed E-state index contributed by atoms with van der Waals surface area (Å²) in [6.45, 7) is 8.47. The molecule has 7 heteroatoms. The Kier molecular flexibility index (Phi) is 11.7. The van der Waals surface area contributed by atoms with Crippen molar-refractivity contribution in [2.45, 2.75) is 76.2 Å². The molecule has 1 aliphatic heterocycles. The zero-order valence-electron chi connectivity index (χ0n) is 37.6. The van der Waals surface area contributed by atoms with Gasteiger partial charge in [-0.25, -0.2) is 4.79 Å². The van der Waals surface area contributed by atoms with Crippen molar-refractivity contribution in [1.29, 1.82) is 0 Å². The van der Waals surface area contributed by atoms with Gasteiger partial charge >= 0.3 is 5.97 Å². The lowest BCUT2D eigenvalue weighted by atomic mass is 9.57. The number of carbonyl (C=O) groups excluding carboxylic acids is 1. The van der Waals surface area contributed by atoms with Crippen molar-refractivity contribution >= 4 is 22.8 Å². The van der Waals surface area contributed by atoms with Crippen LogP contribution < -0.4 is 23.7 Å². The van der Waals surface area contributed by atoms with Gasteiger partial charge in [-0.15, -0.1) is 0 Å². The molecule has 1 saturated carbocycles. The second kappa shape index (κ2) is 17.5. The van der Waals surface area contributed by atoms with Crippen molar-refractivity contribution in [3.8, 4) is 51.0 Å². The first-order chi connectivity index (χ1) is 31.3. The molecule has 1 atom stereocenters. The predicted molar refractivity (Wildman–Crippen MR) is 254 cm³/mol. The summed E-state index contributed by atoms with van der Waals surface area (Å²) in [4.78, 5) is 11.6. The van der Waals surface area contributed by atoms with Gasteiger partial charge in [0.25, 0.3) is 0 Å². The van der Waals surface area contributed by atoms with E-state index in [9.17, 15) is 4.79 Å². The van der Waals surface area contributed by atoms with Crippen LogP contribution in [-0.2, 0) is 20.5 Å². The molecule has 2 aliphatic carbocycles. The fraction of sp³-hybridized carbons (Fsp3) is 0.316. The molecule has 0 bridgehead atoms. The van der Waals surface area contributed by atoms with Crippen molar-refractivity contribution in [3.05, 3.63) is 156 Å². The molecule has 1 spiro atoms. The highest BCUT2D eigenvalue weighted by atomic mass is 16.6. The molecule has 3 aliphatic rings. The third kappa shape index (κ3) is 7.23. The van der Waals surface area contributed by atoms with Crippen LogP contribution in [-0.4, -0.2) is 40.5 Å². The van der Waals surface area contributed by atoms with Crippen molar-refractivity contribution in [2.75, 3.05) is 34.5 Å². The molecule has 1 fully saturated rings. The summed E-state index contributed by atoms with van der Waals surface area (Å²) in [5, 5.41) is 2.08.